The fourth-order valence-electron chi connectivity index (χ4n) is 1.03. The zero-order chi connectivity index (χ0) is 9.73. The van der Waals surface area contributed by atoms with Crippen LogP contribution >= 0.6 is 0 Å². The average Bonchev–Trinajstić information content (AvgIpc) is 2.32. The molecule has 0 aromatic rings. The molecule has 2 N–H and O–H groups in total. The van der Waals surface area contributed by atoms with Crippen LogP contribution in [0.5, 0.6) is 0 Å². The molecule has 0 heterocycles. The topological polar surface area (TPSA) is 60.2 Å². The van der Waals surface area contributed by atoms with E-state index in [1.165, 1.54) is 0 Å². The summed E-state index contributed by atoms with van der Waals surface area (Å²) in [7, 11) is -3.11. The van der Waals surface area contributed by atoms with Crippen LogP contribution in [0.2, 0.25) is 0 Å². The third kappa shape index (κ3) is 3.57. The van der Waals surface area contributed by atoms with Gasteiger partial charge < -0.3 is 5.73 Å². The molecule has 0 fully saturated rings. The summed E-state index contributed by atoms with van der Waals surface area (Å²) in [6, 6.07) is 0. The Labute approximate surface area is 78.5 Å². The van der Waals surface area contributed by atoms with Gasteiger partial charge in [0.05, 0.1) is 11.6 Å². The predicted octanol–water partition coefficient (Wildman–Crippen LogP) is 0.760. The number of sulfone groups is 1. The summed E-state index contributed by atoms with van der Waals surface area (Å²) < 4.78 is 22.3. The Balaban J connectivity index is 2.74. The summed E-state index contributed by atoms with van der Waals surface area (Å²) in [5.74, 6) is -0.258. The van der Waals surface area contributed by atoms with Crippen LogP contribution in [0, 0.1) is 0 Å². The summed E-state index contributed by atoms with van der Waals surface area (Å²) in [6.45, 7) is 0. The Kier molecular flexibility index (Phi) is 3.45. The second-order valence-corrected chi connectivity index (χ2v) is 4.97. The predicted molar refractivity (Wildman–Crippen MR) is 53.8 cm³/mol. The van der Waals surface area contributed by atoms with Gasteiger partial charge in [-0.15, -0.1) is 0 Å². The molecule has 0 radical (unpaired) electrons. The molecule has 4 heteroatoms. The van der Waals surface area contributed by atoms with Crippen molar-refractivity contribution in [3.63, 3.8) is 0 Å². The molecule has 0 bridgehead atoms. The van der Waals surface area contributed by atoms with Crippen LogP contribution < -0.4 is 5.73 Å². The van der Waals surface area contributed by atoms with E-state index >= 15 is 0 Å². The number of rotatable bonds is 3. The maximum Gasteiger partial charge on any atom is 0.167 e. The van der Waals surface area contributed by atoms with E-state index in [1.54, 1.807) is 6.08 Å². The highest BCUT2D eigenvalue weighted by Crippen LogP contribution is 2.07. The molecule has 0 spiro atoms. The Hall–Kier alpha value is -0.870. The largest absolute Gasteiger partial charge is 0.318 e. The summed E-state index contributed by atoms with van der Waals surface area (Å²) in [4.78, 5) is 0. The van der Waals surface area contributed by atoms with E-state index in [2.05, 4.69) is 0 Å². The van der Waals surface area contributed by atoms with Gasteiger partial charge in [-0.2, -0.15) is 0 Å². The molecule has 0 aliphatic heterocycles. The third-order valence-electron chi connectivity index (χ3n) is 1.69. The van der Waals surface area contributed by atoms with Gasteiger partial charge in [0, 0.05) is 0 Å². The second-order valence-electron chi connectivity index (χ2n) is 2.86. The Morgan fingerprint density at radius 2 is 2.15 bits per heavy atom. The van der Waals surface area contributed by atoms with Crippen molar-refractivity contribution in [3.05, 3.63) is 36.0 Å². The molecule has 1 aliphatic rings. The molecule has 0 aromatic heterocycles. The van der Waals surface area contributed by atoms with E-state index < -0.39 is 9.84 Å². The summed E-state index contributed by atoms with van der Waals surface area (Å²) in [6.07, 6.45) is 10.2. The SMILES string of the molecule is NCS(=O)(=O)CC1=CC=CCC=C1. The molecule has 0 aromatic carbocycles. The van der Waals surface area contributed by atoms with Crippen molar-refractivity contribution < 1.29 is 8.42 Å². The van der Waals surface area contributed by atoms with Crippen molar-refractivity contribution in [1.82, 2.24) is 0 Å². The third-order valence-corrected chi connectivity index (χ3v) is 2.97. The van der Waals surface area contributed by atoms with Crippen molar-refractivity contribution in [2.45, 2.75) is 6.42 Å². The molecule has 0 saturated heterocycles. The standard InChI is InChI=1S/C9H13NO2S/c10-8-13(11,12)7-9-5-3-1-2-4-6-9/h1,3-6H,2,7-8,10H2. The molecule has 0 atom stereocenters. The van der Waals surface area contributed by atoms with Gasteiger partial charge in [-0.25, -0.2) is 8.42 Å². The second kappa shape index (κ2) is 4.39. The first-order chi connectivity index (χ1) is 6.14. The summed E-state index contributed by atoms with van der Waals surface area (Å²) >= 11 is 0. The molecule has 0 amide bonds. The normalized spacial score (nSPS) is 16.8. The fourth-order valence-corrected chi connectivity index (χ4v) is 1.85. The molecular formula is C9H13NO2S. The Bertz CT molecular complexity index is 350. The van der Waals surface area contributed by atoms with Crippen molar-refractivity contribution in [3.8, 4) is 0 Å². The van der Waals surface area contributed by atoms with E-state index in [-0.39, 0.29) is 11.6 Å². The fraction of sp³-hybridized carbons (Fsp3) is 0.333. The van der Waals surface area contributed by atoms with Crippen LogP contribution in [-0.4, -0.2) is 20.0 Å². The highest BCUT2D eigenvalue weighted by molar-refractivity contribution is 7.91. The molecule has 72 valence electrons. The van der Waals surface area contributed by atoms with Crippen LogP contribution in [0.25, 0.3) is 0 Å². The highest BCUT2D eigenvalue weighted by Gasteiger charge is 2.09. The molecule has 0 unspecified atom stereocenters. The molecule has 13 heavy (non-hydrogen) atoms. The first kappa shape index (κ1) is 10.2. The van der Waals surface area contributed by atoms with Gasteiger partial charge in [0.15, 0.2) is 9.84 Å². The van der Waals surface area contributed by atoms with E-state index in [9.17, 15) is 8.42 Å². The van der Waals surface area contributed by atoms with Gasteiger partial charge in [0.2, 0.25) is 0 Å². The van der Waals surface area contributed by atoms with Gasteiger partial charge in [-0.3, -0.25) is 0 Å². The van der Waals surface area contributed by atoms with E-state index in [4.69, 9.17) is 5.73 Å². The van der Waals surface area contributed by atoms with Crippen LogP contribution in [0.4, 0.5) is 0 Å². The van der Waals surface area contributed by atoms with E-state index in [0.717, 1.165) is 12.0 Å². The lowest BCUT2D eigenvalue weighted by Crippen LogP contribution is -2.18. The first-order valence-corrected chi connectivity index (χ1v) is 5.89. The monoisotopic (exact) mass is 199 g/mol. The molecular weight excluding hydrogens is 186 g/mol. The lowest BCUT2D eigenvalue weighted by Gasteiger charge is -2.00. The minimum absolute atomic E-state index is 0.0321. The highest BCUT2D eigenvalue weighted by atomic mass is 32.2. The molecule has 0 saturated carbocycles. The lowest BCUT2D eigenvalue weighted by atomic mass is 10.3. The number of hydrogen-bond donors (Lipinski definition) is 1. The van der Waals surface area contributed by atoms with Crippen LogP contribution in [0.1, 0.15) is 6.42 Å². The van der Waals surface area contributed by atoms with Gasteiger partial charge in [0.25, 0.3) is 0 Å². The lowest BCUT2D eigenvalue weighted by molar-refractivity contribution is 0.598. The minimum atomic E-state index is -3.11. The van der Waals surface area contributed by atoms with Crippen molar-refractivity contribution >= 4 is 9.84 Å². The number of hydrogen-bond acceptors (Lipinski definition) is 3. The van der Waals surface area contributed by atoms with Crippen molar-refractivity contribution in [2.24, 2.45) is 5.73 Å². The Morgan fingerprint density at radius 1 is 1.38 bits per heavy atom. The number of nitrogens with two attached hydrogens (primary N) is 1. The van der Waals surface area contributed by atoms with E-state index in [1.807, 2.05) is 24.3 Å². The first-order valence-electron chi connectivity index (χ1n) is 4.07. The zero-order valence-corrected chi connectivity index (χ0v) is 8.13. The van der Waals surface area contributed by atoms with Crippen LogP contribution in [0.3, 0.4) is 0 Å². The van der Waals surface area contributed by atoms with Crippen LogP contribution in [0.15, 0.2) is 36.0 Å². The van der Waals surface area contributed by atoms with Crippen LogP contribution in [-0.2, 0) is 9.84 Å². The Morgan fingerprint density at radius 3 is 2.85 bits per heavy atom. The van der Waals surface area contributed by atoms with Crippen molar-refractivity contribution in [1.29, 1.82) is 0 Å². The molecule has 3 nitrogen and oxygen atoms in total. The van der Waals surface area contributed by atoms with Crippen molar-refractivity contribution in [2.75, 3.05) is 11.6 Å². The quantitative estimate of drug-likeness (QED) is 0.730. The average molecular weight is 199 g/mol. The minimum Gasteiger partial charge on any atom is -0.318 e. The summed E-state index contributed by atoms with van der Waals surface area (Å²) in [5, 5.41) is 0. The van der Waals surface area contributed by atoms with Gasteiger partial charge in [-0.05, 0) is 12.0 Å². The number of allylic oxidation sites excluding steroid dienone is 5. The zero-order valence-electron chi connectivity index (χ0n) is 7.31. The molecule has 1 rings (SSSR count). The van der Waals surface area contributed by atoms with E-state index in [0.29, 0.717) is 0 Å². The molecule has 1 aliphatic carbocycles. The maximum atomic E-state index is 11.2. The van der Waals surface area contributed by atoms with Gasteiger partial charge in [0.1, 0.15) is 0 Å². The smallest absolute Gasteiger partial charge is 0.167 e. The summed E-state index contributed by atoms with van der Waals surface area (Å²) in [5.41, 5.74) is 5.90. The van der Waals surface area contributed by atoms with Gasteiger partial charge in [-0.1, -0.05) is 30.4 Å². The maximum absolute atomic E-state index is 11.2. The van der Waals surface area contributed by atoms with Gasteiger partial charge >= 0.3 is 0 Å².